The Morgan fingerprint density at radius 3 is 1.76 bits per heavy atom. The Hall–Kier alpha value is -6.66. The number of aliphatic hydroxyl groups excluding tert-OH is 1. The zero-order valence-corrected chi connectivity index (χ0v) is 62.5. The van der Waals surface area contributed by atoms with Crippen LogP contribution in [0.2, 0.25) is 0 Å². The molecule has 99 heavy (non-hydrogen) atoms. The van der Waals surface area contributed by atoms with Crippen LogP contribution < -0.4 is 26.6 Å². The first kappa shape index (κ1) is 84.8. The Labute approximate surface area is 596 Å². The van der Waals surface area contributed by atoms with Gasteiger partial charge >= 0.3 is 24.0 Å². The molecule has 1 heterocycles. The lowest BCUT2D eigenvalue weighted by atomic mass is 9.90. The predicted octanol–water partition coefficient (Wildman–Crippen LogP) is 6.30. The van der Waals surface area contributed by atoms with Gasteiger partial charge in [-0.15, -0.1) is 0 Å². The Kier molecular flexibility index (Phi) is 37.6. The van der Waals surface area contributed by atoms with Crippen LogP contribution >= 0.6 is 35.3 Å². The Morgan fingerprint density at radius 2 is 1.23 bits per heavy atom. The monoisotopic (exact) mass is 1440 g/mol. The number of methoxy groups -OCH3 is 2. The molecule has 1 saturated carbocycles. The minimum absolute atomic E-state index is 0.0297. The number of nitrogens with zero attached hydrogens (tertiary/aromatic N) is 3. The van der Waals surface area contributed by atoms with E-state index in [0.717, 1.165) is 4.90 Å². The van der Waals surface area contributed by atoms with Crippen molar-refractivity contribution in [1.82, 2.24) is 36.0 Å². The average Bonchev–Trinajstić information content (AvgIpc) is 1.78. The van der Waals surface area contributed by atoms with E-state index in [1.165, 1.54) is 61.5 Å². The maximum Gasteiger partial charge on any atom is 0.410 e. The number of hydrogen-bond acceptors (Lipinski definition) is 21. The number of ether oxygens (including phenoxy) is 6. The molecule has 0 bridgehead atoms. The molecular formula is C70H108N8O18S3. The lowest BCUT2D eigenvalue weighted by Gasteiger charge is -2.39. The highest BCUT2D eigenvalue weighted by atomic mass is 32.2. The van der Waals surface area contributed by atoms with Crippen molar-refractivity contribution in [2.45, 2.75) is 193 Å². The van der Waals surface area contributed by atoms with Gasteiger partial charge in [-0.25, -0.2) is 4.79 Å². The smallest absolute Gasteiger partial charge is 0.410 e. The molecule has 1 aliphatic carbocycles. The standard InChI is InChI=1S/C70H108N8O18S3/c1-15-44(6)64(54(91-11)37-57(81)78-30-19-22-53(78)66(92-12)45(7)67(87)73-46(8)65(86)48-20-17-16-18-21-48)76(9)58(82)39-72-69(89)63(43(4)5)77(10)70(90)93-40-47-23-25-49(26-24-47)74-55(79)38-71-68(88)62(42(2)3)75-56(80)41-99-33-29-61(85)96-52-35-50(94-59(83)27-31-97-13)34-51(36-52)95-60(84)28-32-98-14/h16-18,20-21,23-26,42-46,50-54,62-66,86H,15,19,22,27-41H2,1-14H3,(H,71,88)(H,72,89)(H,73,87)(H,74,79)(H,75,80)/t44-,45+,46+,50-,51+,52-,53-,54+,62?,63?,64-,65+,66+/m0/s1. The van der Waals surface area contributed by atoms with Crippen LogP contribution in [0.4, 0.5) is 10.5 Å². The summed E-state index contributed by atoms with van der Waals surface area (Å²) in [6.45, 7) is 13.8. The van der Waals surface area contributed by atoms with Crippen LogP contribution in [0.3, 0.4) is 0 Å². The summed E-state index contributed by atoms with van der Waals surface area (Å²) < 4.78 is 34.6. The van der Waals surface area contributed by atoms with Crippen molar-refractivity contribution in [3.05, 3.63) is 65.7 Å². The molecule has 13 atom stereocenters. The van der Waals surface area contributed by atoms with Gasteiger partial charge in [0.15, 0.2) is 0 Å². The Morgan fingerprint density at radius 1 is 0.667 bits per heavy atom. The molecule has 2 aliphatic rings. The van der Waals surface area contributed by atoms with E-state index in [0.29, 0.717) is 60.5 Å². The van der Waals surface area contributed by atoms with Crippen molar-refractivity contribution in [2.24, 2.45) is 23.7 Å². The second kappa shape index (κ2) is 43.9. The fraction of sp³-hybridized carbons (Fsp3) is 0.671. The van der Waals surface area contributed by atoms with Crippen molar-refractivity contribution in [3.63, 3.8) is 0 Å². The van der Waals surface area contributed by atoms with Crippen LogP contribution in [0, 0.1) is 23.7 Å². The first-order chi connectivity index (χ1) is 47.1. The molecule has 6 N–H and O–H groups in total. The second-order valence-electron chi connectivity index (χ2n) is 26.0. The lowest BCUT2D eigenvalue weighted by Crippen LogP contribution is -2.56. The molecule has 2 fully saturated rings. The van der Waals surface area contributed by atoms with Gasteiger partial charge in [0.2, 0.25) is 41.4 Å². The number of carbonyl (C=O) groups is 11. The SMILES string of the molecule is CC[C@H](C)[C@@H]([C@@H](CC(=O)N1CCC[C@H]1[C@H](OC)[C@@H](C)C(=O)N[C@H](C)[C@@H](O)c1ccccc1)OC)N(C)C(=O)CNC(=O)C(C(C)C)N(C)C(=O)OCc1ccc(NC(=O)CNC(=O)C(NC(=O)CSCCC(=O)O[C@@H]2C[C@H](OC(=O)CCSC)C[C@H](OC(=O)CCSC)C2)C(C)C)cc1. The summed E-state index contributed by atoms with van der Waals surface area (Å²) in [7, 11) is 6.02. The maximum absolute atomic E-state index is 14.3. The van der Waals surface area contributed by atoms with Gasteiger partial charge in [-0.1, -0.05) is 97.4 Å². The number of carbonyl (C=O) groups excluding carboxylic acids is 11. The molecule has 4 rings (SSSR count). The summed E-state index contributed by atoms with van der Waals surface area (Å²) in [6.07, 6.45) is 1.90. The van der Waals surface area contributed by atoms with Gasteiger partial charge in [0, 0.05) is 77.1 Å². The third-order valence-corrected chi connectivity index (χ3v) is 20.0. The van der Waals surface area contributed by atoms with Gasteiger partial charge in [-0.05, 0) is 73.3 Å². The molecule has 8 amide bonds. The molecule has 2 aromatic rings. The van der Waals surface area contributed by atoms with Crippen molar-refractivity contribution in [1.29, 1.82) is 0 Å². The number of nitrogens with one attached hydrogen (secondary N) is 5. The van der Waals surface area contributed by atoms with Crippen LogP contribution in [-0.2, 0) is 83.0 Å². The number of benzene rings is 2. The number of anilines is 1. The molecule has 0 radical (unpaired) electrons. The highest BCUT2D eigenvalue weighted by Crippen LogP contribution is 2.31. The van der Waals surface area contributed by atoms with E-state index >= 15 is 0 Å². The number of thioether (sulfide) groups is 3. The maximum atomic E-state index is 14.3. The summed E-state index contributed by atoms with van der Waals surface area (Å²) in [5.41, 5.74) is 1.60. The zero-order chi connectivity index (χ0) is 73.5. The summed E-state index contributed by atoms with van der Waals surface area (Å²) in [5.74, 6) is -4.73. The number of amides is 8. The van der Waals surface area contributed by atoms with Crippen molar-refractivity contribution < 1.29 is 86.3 Å². The molecule has 0 aromatic heterocycles. The van der Waals surface area contributed by atoms with Gasteiger partial charge in [-0.2, -0.15) is 35.3 Å². The minimum Gasteiger partial charge on any atom is -0.462 e. The molecule has 2 unspecified atom stereocenters. The summed E-state index contributed by atoms with van der Waals surface area (Å²) in [5, 5.41) is 24.5. The summed E-state index contributed by atoms with van der Waals surface area (Å²) >= 11 is 4.20. The van der Waals surface area contributed by atoms with Gasteiger partial charge < -0.3 is 69.9 Å². The third-order valence-electron chi connectivity index (χ3n) is 17.8. The largest absolute Gasteiger partial charge is 0.462 e. The van der Waals surface area contributed by atoms with E-state index in [-0.39, 0.29) is 92.2 Å². The van der Waals surface area contributed by atoms with E-state index in [1.807, 2.05) is 44.6 Å². The fourth-order valence-electron chi connectivity index (χ4n) is 12.2. The number of rotatable bonds is 41. The molecule has 1 aliphatic heterocycles. The fourth-order valence-corrected chi connectivity index (χ4v) is 13.6. The Balaban J connectivity index is 1.21. The first-order valence-electron chi connectivity index (χ1n) is 34.0. The molecule has 554 valence electrons. The van der Waals surface area contributed by atoms with Gasteiger partial charge in [0.1, 0.15) is 37.0 Å². The molecule has 2 aromatic carbocycles. The topological polar surface area (TPSA) is 333 Å². The molecule has 29 heteroatoms. The van der Waals surface area contributed by atoms with Crippen molar-refractivity contribution in [2.75, 3.05) is 88.8 Å². The third kappa shape index (κ3) is 28.0. The lowest BCUT2D eigenvalue weighted by molar-refractivity contribution is -0.169. The summed E-state index contributed by atoms with van der Waals surface area (Å²) in [6, 6.07) is 11.8. The zero-order valence-electron chi connectivity index (χ0n) is 60.0. The van der Waals surface area contributed by atoms with E-state index in [9.17, 15) is 57.8 Å². The number of likely N-dealkylation sites (tertiary alicyclic amines) is 1. The second-order valence-corrected chi connectivity index (χ2v) is 29.0. The van der Waals surface area contributed by atoms with Crippen LogP contribution in [0.15, 0.2) is 54.6 Å². The molecule has 26 nitrogen and oxygen atoms in total. The molecule has 0 spiro atoms. The van der Waals surface area contributed by atoms with Crippen LogP contribution in [0.5, 0.6) is 0 Å². The van der Waals surface area contributed by atoms with Crippen molar-refractivity contribution >= 4 is 106 Å². The van der Waals surface area contributed by atoms with Gasteiger partial charge in [-0.3, -0.25) is 52.8 Å². The van der Waals surface area contributed by atoms with E-state index in [2.05, 4.69) is 26.6 Å². The van der Waals surface area contributed by atoms with Crippen LogP contribution in [-0.4, -0.2) is 229 Å². The predicted molar refractivity (Wildman–Crippen MR) is 381 cm³/mol. The van der Waals surface area contributed by atoms with Gasteiger partial charge in [0.25, 0.3) is 0 Å². The van der Waals surface area contributed by atoms with E-state index in [4.69, 9.17) is 28.4 Å². The van der Waals surface area contributed by atoms with Crippen LogP contribution in [0.25, 0.3) is 0 Å². The number of aliphatic hydroxyl groups is 1. The summed E-state index contributed by atoms with van der Waals surface area (Å²) in [4.78, 5) is 151. The number of hydrogen-bond donors (Lipinski definition) is 6. The van der Waals surface area contributed by atoms with E-state index in [1.54, 1.807) is 89.9 Å². The van der Waals surface area contributed by atoms with Crippen LogP contribution in [0.1, 0.15) is 137 Å². The van der Waals surface area contributed by atoms with Gasteiger partial charge in [0.05, 0.1) is 86.9 Å². The molecular weight excluding hydrogens is 1340 g/mol. The quantitative estimate of drug-likeness (QED) is 0.0242. The first-order valence-corrected chi connectivity index (χ1v) is 37.9. The highest BCUT2D eigenvalue weighted by Gasteiger charge is 2.43. The number of esters is 3. The Bertz CT molecular complexity index is 2910. The molecule has 1 saturated heterocycles. The minimum atomic E-state index is -1.05. The normalized spacial score (nSPS) is 18.7. The number of likely N-dealkylation sites (N-methyl/N-ethyl adjacent to an activating group) is 2. The average molecular weight is 1450 g/mol. The van der Waals surface area contributed by atoms with E-state index < -0.39 is 133 Å². The highest BCUT2D eigenvalue weighted by molar-refractivity contribution is 8.00. The van der Waals surface area contributed by atoms with Crippen molar-refractivity contribution in [3.8, 4) is 0 Å².